The monoisotopic (exact) mass is 385 g/mol. The average Bonchev–Trinajstić information content (AvgIpc) is 2.74. The summed E-state index contributed by atoms with van der Waals surface area (Å²) >= 11 is 0. The Morgan fingerprint density at radius 3 is 2.29 bits per heavy atom. The lowest BCUT2D eigenvalue weighted by atomic mass is 10.1. The van der Waals surface area contributed by atoms with Crippen LogP contribution >= 0.6 is 0 Å². The number of quaternary nitrogens is 1. The van der Waals surface area contributed by atoms with Gasteiger partial charge >= 0.3 is 11.9 Å². The number of hydrogen-bond donors (Lipinski definition) is 1. The number of carbonyl (C=O) groups excluding carboxylic acids is 2. The van der Waals surface area contributed by atoms with Crippen molar-refractivity contribution < 1.29 is 19.1 Å². The summed E-state index contributed by atoms with van der Waals surface area (Å²) in [5.41, 5.74) is 2.79. The molecule has 0 bridgehead atoms. The fourth-order valence-corrected chi connectivity index (χ4v) is 2.92. The van der Waals surface area contributed by atoms with E-state index in [1.165, 1.54) is 19.7 Å². The van der Waals surface area contributed by atoms with Crippen molar-refractivity contribution in [2.45, 2.75) is 13.5 Å². The van der Waals surface area contributed by atoms with Gasteiger partial charge in [-0.1, -0.05) is 36.4 Å². The topological polar surface area (TPSA) is 64.6 Å². The van der Waals surface area contributed by atoms with Crippen LogP contribution in [0.15, 0.2) is 54.6 Å². The largest absolute Gasteiger partial charge is 0.469 e. The van der Waals surface area contributed by atoms with Gasteiger partial charge in [-0.05, 0) is 17.7 Å². The molecule has 2 aromatic rings. The molecule has 1 N–H and O–H groups in total. The maximum absolute atomic E-state index is 12.3. The Kier molecular flexibility index (Phi) is 8.17. The van der Waals surface area contributed by atoms with Crippen LogP contribution in [0, 0.1) is 0 Å². The summed E-state index contributed by atoms with van der Waals surface area (Å²) in [5, 5.41) is 3.38. The van der Waals surface area contributed by atoms with Crippen LogP contribution in [-0.2, 0) is 20.9 Å². The summed E-state index contributed by atoms with van der Waals surface area (Å²) in [6, 6.07) is 17.6. The van der Waals surface area contributed by atoms with Crippen molar-refractivity contribution in [3.8, 4) is 0 Å². The molecule has 0 aliphatic carbocycles. The van der Waals surface area contributed by atoms with Gasteiger partial charge in [-0.3, -0.25) is 9.28 Å². The molecule has 3 rings (SSSR count). The molecule has 28 heavy (non-hydrogen) atoms. The van der Waals surface area contributed by atoms with E-state index in [1.807, 2.05) is 48.5 Å². The first-order valence-corrected chi connectivity index (χ1v) is 9.36. The molecule has 0 aromatic heterocycles. The number of esters is 2. The number of rotatable bonds is 4. The van der Waals surface area contributed by atoms with Gasteiger partial charge in [-0.15, -0.1) is 0 Å². The third-order valence-electron chi connectivity index (χ3n) is 4.77. The second-order valence-electron chi connectivity index (χ2n) is 6.90. The standard InChI is InChI=1S/C19H23N2O2.C3H6O2/c1-21(12-10-20-11-13-21)18-9-5-8-17(14-18)19(22)23-15-16-6-3-2-4-7-16;1-3(4)5-2/h2-9,14,20H,10-13,15H2,1H3;1-2H3/q+1;. The Labute approximate surface area is 166 Å². The van der Waals surface area contributed by atoms with E-state index in [4.69, 9.17) is 4.74 Å². The lowest BCUT2D eigenvalue weighted by Gasteiger charge is -2.37. The van der Waals surface area contributed by atoms with E-state index < -0.39 is 0 Å². The van der Waals surface area contributed by atoms with Gasteiger partial charge in [-0.25, -0.2) is 4.79 Å². The molecule has 0 unspecified atom stereocenters. The van der Waals surface area contributed by atoms with Crippen LogP contribution in [0.3, 0.4) is 0 Å². The number of carbonyl (C=O) groups is 2. The van der Waals surface area contributed by atoms with Gasteiger partial charge in [0.1, 0.15) is 12.3 Å². The first-order valence-electron chi connectivity index (χ1n) is 9.36. The van der Waals surface area contributed by atoms with Gasteiger partial charge in [0.15, 0.2) is 0 Å². The van der Waals surface area contributed by atoms with E-state index in [0.717, 1.165) is 36.2 Å². The highest BCUT2D eigenvalue weighted by Crippen LogP contribution is 2.23. The molecule has 150 valence electrons. The zero-order valence-corrected chi connectivity index (χ0v) is 16.8. The number of methoxy groups -OCH3 is 1. The summed E-state index contributed by atoms with van der Waals surface area (Å²) in [7, 11) is 3.57. The molecule has 1 aliphatic heterocycles. The third-order valence-corrected chi connectivity index (χ3v) is 4.77. The third kappa shape index (κ3) is 6.48. The van der Waals surface area contributed by atoms with Crippen molar-refractivity contribution in [2.24, 2.45) is 0 Å². The van der Waals surface area contributed by atoms with Gasteiger partial charge in [-0.2, -0.15) is 0 Å². The van der Waals surface area contributed by atoms with Crippen LogP contribution in [0.1, 0.15) is 22.8 Å². The molecule has 2 aromatic carbocycles. The minimum absolute atomic E-state index is 0.245. The van der Waals surface area contributed by atoms with E-state index in [-0.39, 0.29) is 11.9 Å². The quantitative estimate of drug-likeness (QED) is 0.648. The molecule has 1 aliphatic rings. The van der Waals surface area contributed by atoms with Gasteiger partial charge in [0.25, 0.3) is 0 Å². The average molecular weight is 385 g/mol. The van der Waals surface area contributed by atoms with Crippen LogP contribution in [0.2, 0.25) is 0 Å². The Morgan fingerprint density at radius 2 is 1.68 bits per heavy atom. The van der Waals surface area contributed by atoms with Gasteiger partial charge in [0, 0.05) is 26.1 Å². The van der Waals surface area contributed by atoms with Crippen LogP contribution in [0.4, 0.5) is 5.69 Å². The SMILES string of the molecule is COC(C)=O.C[N+]1(c2cccc(C(=O)OCc3ccccc3)c2)CCNCC1. The smallest absolute Gasteiger partial charge is 0.338 e. The first kappa shape index (κ1) is 21.6. The van der Waals surface area contributed by atoms with Crippen LogP contribution < -0.4 is 9.80 Å². The number of nitrogens with zero attached hydrogens (tertiary/aromatic N) is 1. The molecule has 1 heterocycles. The number of benzene rings is 2. The fraction of sp³-hybridized carbons (Fsp3) is 0.364. The van der Waals surface area contributed by atoms with Crippen LogP contribution in [0.25, 0.3) is 0 Å². The Balaban J connectivity index is 0.000000500. The second kappa shape index (κ2) is 10.6. The number of likely N-dealkylation sites (N-methyl/N-ethyl adjacent to an activating group) is 1. The van der Waals surface area contributed by atoms with E-state index in [2.05, 4.69) is 23.2 Å². The maximum Gasteiger partial charge on any atom is 0.338 e. The van der Waals surface area contributed by atoms with Gasteiger partial charge in [0.05, 0.1) is 32.8 Å². The summed E-state index contributed by atoms with van der Waals surface area (Å²) in [4.78, 5) is 21.9. The number of piperazine rings is 1. The number of nitrogens with one attached hydrogen (secondary N) is 1. The molecule has 0 radical (unpaired) electrons. The zero-order chi connectivity index (χ0) is 20.4. The van der Waals surface area contributed by atoms with Gasteiger partial charge in [0.2, 0.25) is 0 Å². The summed E-state index contributed by atoms with van der Waals surface area (Å²) in [6.45, 7) is 5.73. The molecule has 0 amide bonds. The minimum Gasteiger partial charge on any atom is -0.469 e. The Hall–Kier alpha value is -2.70. The van der Waals surface area contributed by atoms with E-state index in [0.29, 0.717) is 12.2 Å². The van der Waals surface area contributed by atoms with Crippen molar-refractivity contribution in [3.63, 3.8) is 0 Å². The molecule has 0 saturated carbocycles. The molecule has 0 spiro atoms. The predicted octanol–water partition coefficient (Wildman–Crippen LogP) is 2.76. The fourth-order valence-electron chi connectivity index (χ4n) is 2.92. The predicted molar refractivity (Wildman–Crippen MR) is 110 cm³/mol. The first-order chi connectivity index (χ1) is 13.4. The second-order valence-corrected chi connectivity index (χ2v) is 6.90. The van der Waals surface area contributed by atoms with Crippen molar-refractivity contribution >= 4 is 17.6 Å². The van der Waals surface area contributed by atoms with Crippen LogP contribution in [0.5, 0.6) is 0 Å². The van der Waals surface area contributed by atoms with E-state index in [1.54, 1.807) is 0 Å². The highest BCUT2D eigenvalue weighted by molar-refractivity contribution is 5.90. The van der Waals surface area contributed by atoms with Crippen molar-refractivity contribution in [1.82, 2.24) is 9.80 Å². The number of ether oxygens (including phenoxy) is 2. The summed E-state index contributed by atoms with van der Waals surface area (Å²) in [6.07, 6.45) is 0. The molecule has 1 fully saturated rings. The Morgan fingerprint density at radius 1 is 1.04 bits per heavy atom. The highest BCUT2D eigenvalue weighted by Gasteiger charge is 2.28. The van der Waals surface area contributed by atoms with E-state index in [9.17, 15) is 9.59 Å². The number of hydrogen-bond acceptors (Lipinski definition) is 5. The van der Waals surface area contributed by atoms with Crippen molar-refractivity contribution in [2.75, 3.05) is 40.3 Å². The van der Waals surface area contributed by atoms with E-state index >= 15 is 0 Å². The summed E-state index contributed by atoms with van der Waals surface area (Å²) in [5.74, 6) is -0.512. The normalized spacial score (nSPS) is 15.0. The molecular weight excluding hydrogens is 356 g/mol. The van der Waals surface area contributed by atoms with Crippen LogP contribution in [-0.4, -0.2) is 52.3 Å². The molecule has 1 saturated heterocycles. The Bertz CT molecular complexity index is 771. The lowest BCUT2D eigenvalue weighted by Crippen LogP contribution is -2.57. The van der Waals surface area contributed by atoms with Crippen molar-refractivity contribution in [3.05, 3.63) is 65.7 Å². The highest BCUT2D eigenvalue weighted by atomic mass is 16.5. The van der Waals surface area contributed by atoms with Crippen molar-refractivity contribution in [1.29, 1.82) is 0 Å². The molecule has 0 atom stereocenters. The van der Waals surface area contributed by atoms with Gasteiger partial charge < -0.3 is 14.8 Å². The summed E-state index contributed by atoms with van der Waals surface area (Å²) < 4.78 is 10.4. The molecule has 6 nitrogen and oxygen atoms in total. The maximum atomic E-state index is 12.3. The molecular formula is C22H29N2O4+. The lowest BCUT2D eigenvalue weighted by molar-refractivity contribution is -0.137. The minimum atomic E-state index is -0.266. The molecule has 6 heteroatoms. The zero-order valence-electron chi connectivity index (χ0n) is 16.8.